The fraction of sp³-hybridized carbons (Fsp3) is 0.125. The summed E-state index contributed by atoms with van der Waals surface area (Å²) in [6, 6.07) is 10.0. The predicted molar refractivity (Wildman–Crippen MR) is 88.3 cm³/mol. The molecule has 0 saturated heterocycles. The zero-order chi connectivity index (χ0) is 14.8. The van der Waals surface area contributed by atoms with E-state index >= 15 is 0 Å². The van der Waals surface area contributed by atoms with E-state index in [0.29, 0.717) is 5.82 Å². The highest BCUT2D eigenvalue weighted by molar-refractivity contribution is 9.10. The molecule has 3 aromatic rings. The third kappa shape index (κ3) is 2.69. The topological polar surface area (TPSA) is 56.7 Å². The number of benzene rings is 1. The average Bonchev–Trinajstić information content (AvgIpc) is 2.97. The van der Waals surface area contributed by atoms with Gasteiger partial charge in [0.1, 0.15) is 5.82 Å². The number of aryl methyl sites for hydroxylation is 1. The summed E-state index contributed by atoms with van der Waals surface area (Å²) in [5.41, 5.74) is 10.0. The Morgan fingerprint density at radius 1 is 1.19 bits per heavy atom. The number of nitrogens with zero attached hydrogens (tertiary/aromatic N) is 3. The summed E-state index contributed by atoms with van der Waals surface area (Å²) < 4.78 is 3.16. The lowest BCUT2D eigenvalue weighted by Crippen LogP contribution is -2.00. The normalized spacial score (nSPS) is 10.8. The molecule has 0 saturated carbocycles. The Morgan fingerprint density at radius 3 is 2.76 bits per heavy atom. The maximum atomic E-state index is 5.65. The fourth-order valence-electron chi connectivity index (χ4n) is 2.33. The number of anilines is 1. The molecular formula is C16H15BrN4. The predicted octanol–water partition coefficient (Wildman–Crippen LogP) is 3.84. The van der Waals surface area contributed by atoms with Crippen LogP contribution in [-0.4, -0.2) is 14.5 Å². The number of aromatic nitrogens is 3. The maximum Gasteiger partial charge on any atom is 0.123 e. The molecule has 106 valence electrons. The van der Waals surface area contributed by atoms with E-state index in [9.17, 15) is 0 Å². The molecule has 0 unspecified atom stereocenters. The highest BCUT2D eigenvalue weighted by atomic mass is 79.9. The van der Waals surface area contributed by atoms with Crippen LogP contribution < -0.4 is 5.73 Å². The van der Waals surface area contributed by atoms with Gasteiger partial charge in [-0.2, -0.15) is 0 Å². The molecule has 21 heavy (non-hydrogen) atoms. The summed E-state index contributed by atoms with van der Waals surface area (Å²) >= 11 is 3.52. The molecule has 1 aromatic carbocycles. The summed E-state index contributed by atoms with van der Waals surface area (Å²) in [5, 5.41) is 0. The van der Waals surface area contributed by atoms with Crippen molar-refractivity contribution in [2.45, 2.75) is 13.3 Å². The molecule has 0 aliphatic rings. The quantitative estimate of drug-likeness (QED) is 0.786. The smallest absolute Gasteiger partial charge is 0.123 e. The molecule has 0 bridgehead atoms. The SMILES string of the molecule is CCc1cc(Br)ccc1-n1cncc1-c1ccc(N)nc1. The Balaban J connectivity index is 2.13. The third-order valence-electron chi connectivity index (χ3n) is 3.40. The van der Waals surface area contributed by atoms with Gasteiger partial charge in [-0.3, -0.25) is 4.57 Å². The van der Waals surface area contributed by atoms with Crippen molar-refractivity contribution in [2.75, 3.05) is 5.73 Å². The molecule has 3 rings (SSSR count). The lowest BCUT2D eigenvalue weighted by molar-refractivity contribution is 1.01. The minimum atomic E-state index is 0.516. The van der Waals surface area contributed by atoms with Gasteiger partial charge in [0.15, 0.2) is 0 Å². The lowest BCUT2D eigenvalue weighted by Gasteiger charge is -2.13. The Labute approximate surface area is 131 Å². The number of nitrogen functional groups attached to an aromatic ring is 1. The number of nitrogens with two attached hydrogens (primary N) is 1. The van der Waals surface area contributed by atoms with Gasteiger partial charge < -0.3 is 5.73 Å². The summed E-state index contributed by atoms with van der Waals surface area (Å²) in [7, 11) is 0. The molecule has 4 nitrogen and oxygen atoms in total. The number of imidazole rings is 1. The standard InChI is InChI=1S/C16H15BrN4/c1-2-11-7-13(17)4-5-14(11)21-10-19-9-15(21)12-3-6-16(18)20-8-12/h3-10H,2H2,1H3,(H2,18,20). The van der Waals surface area contributed by atoms with Crippen LogP contribution >= 0.6 is 15.9 Å². The summed E-state index contributed by atoms with van der Waals surface area (Å²) in [6.45, 7) is 2.15. The number of rotatable bonds is 3. The van der Waals surface area contributed by atoms with Gasteiger partial charge >= 0.3 is 0 Å². The highest BCUT2D eigenvalue weighted by Gasteiger charge is 2.10. The van der Waals surface area contributed by atoms with Gasteiger partial charge in [0.05, 0.1) is 23.9 Å². The van der Waals surface area contributed by atoms with Gasteiger partial charge in [-0.1, -0.05) is 22.9 Å². The first-order valence-electron chi connectivity index (χ1n) is 6.72. The molecule has 0 spiro atoms. The first-order chi connectivity index (χ1) is 10.2. The Morgan fingerprint density at radius 2 is 2.05 bits per heavy atom. The number of hydrogen-bond acceptors (Lipinski definition) is 3. The molecule has 0 amide bonds. The molecule has 2 N–H and O–H groups in total. The number of halogens is 1. The van der Waals surface area contributed by atoms with Gasteiger partial charge in [-0.15, -0.1) is 0 Å². The van der Waals surface area contributed by atoms with Crippen molar-refractivity contribution >= 4 is 21.7 Å². The van der Waals surface area contributed by atoms with Crippen LogP contribution in [0.1, 0.15) is 12.5 Å². The van der Waals surface area contributed by atoms with E-state index in [1.807, 2.05) is 24.7 Å². The van der Waals surface area contributed by atoms with Gasteiger partial charge in [0.2, 0.25) is 0 Å². The maximum absolute atomic E-state index is 5.65. The van der Waals surface area contributed by atoms with Crippen molar-refractivity contribution in [1.29, 1.82) is 0 Å². The van der Waals surface area contributed by atoms with Gasteiger partial charge in [0.25, 0.3) is 0 Å². The molecule has 2 heterocycles. The Bertz CT molecular complexity index is 762. The van der Waals surface area contributed by atoms with Crippen molar-refractivity contribution in [3.8, 4) is 16.9 Å². The summed E-state index contributed by atoms with van der Waals surface area (Å²) in [6.07, 6.45) is 6.39. The van der Waals surface area contributed by atoms with Crippen molar-refractivity contribution in [3.05, 3.63) is 59.1 Å². The minimum Gasteiger partial charge on any atom is -0.384 e. The van der Waals surface area contributed by atoms with Crippen molar-refractivity contribution in [1.82, 2.24) is 14.5 Å². The molecule has 5 heteroatoms. The molecule has 2 aromatic heterocycles. The van der Waals surface area contributed by atoms with Crippen LogP contribution in [0.15, 0.2) is 53.5 Å². The van der Waals surface area contributed by atoms with E-state index < -0.39 is 0 Å². The fourth-order valence-corrected chi connectivity index (χ4v) is 2.74. The monoisotopic (exact) mass is 342 g/mol. The average molecular weight is 343 g/mol. The Hall–Kier alpha value is -2.14. The summed E-state index contributed by atoms with van der Waals surface area (Å²) in [4.78, 5) is 8.44. The lowest BCUT2D eigenvalue weighted by atomic mass is 10.1. The van der Waals surface area contributed by atoms with E-state index in [1.54, 1.807) is 12.3 Å². The van der Waals surface area contributed by atoms with Crippen molar-refractivity contribution in [3.63, 3.8) is 0 Å². The van der Waals surface area contributed by atoms with Gasteiger partial charge in [-0.25, -0.2) is 9.97 Å². The van der Waals surface area contributed by atoms with E-state index in [4.69, 9.17) is 5.73 Å². The molecular weight excluding hydrogens is 328 g/mol. The van der Waals surface area contributed by atoms with Crippen LogP contribution in [0, 0.1) is 0 Å². The molecule has 0 aliphatic carbocycles. The van der Waals surface area contributed by atoms with Crippen LogP contribution in [-0.2, 0) is 6.42 Å². The van der Waals surface area contributed by atoms with E-state index in [1.165, 1.54) is 5.56 Å². The van der Waals surface area contributed by atoms with Gasteiger partial charge in [-0.05, 0) is 42.3 Å². The van der Waals surface area contributed by atoms with Gasteiger partial charge in [0, 0.05) is 16.2 Å². The first-order valence-corrected chi connectivity index (χ1v) is 7.51. The summed E-state index contributed by atoms with van der Waals surface area (Å²) in [5.74, 6) is 0.516. The number of pyridine rings is 1. The van der Waals surface area contributed by atoms with Crippen LogP contribution in [0.25, 0.3) is 16.9 Å². The molecule has 0 radical (unpaired) electrons. The first kappa shape index (κ1) is 13.8. The second-order valence-electron chi connectivity index (χ2n) is 4.75. The van der Waals surface area contributed by atoms with Crippen LogP contribution in [0.4, 0.5) is 5.82 Å². The van der Waals surface area contributed by atoms with Crippen molar-refractivity contribution in [2.24, 2.45) is 0 Å². The second-order valence-corrected chi connectivity index (χ2v) is 5.66. The molecule has 0 atom stereocenters. The van der Waals surface area contributed by atoms with Crippen LogP contribution in [0.2, 0.25) is 0 Å². The Kier molecular flexibility index (Phi) is 3.75. The van der Waals surface area contributed by atoms with E-state index in [2.05, 4.69) is 49.5 Å². The number of hydrogen-bond donors (Lipinski definition) is 1. The third-order valence-corrected chi connectivity index (χ3v) is 3.90. The molecule has 0 fully saturated rings. The largest absolute Gasteiger partial charge is 0.384 e. The van der Waals surface area contributed by atoms with E-state index in [-0.39, 0.29) is 0 Å². The highest BCUT2D eigenvalue weighted by Crippen LogP contribution is 2.26. The minimum absolute atomic E-state index is 0.516. The zero-order valence-corrected chi connectivity index (χ0v) is 13.2. The zero-order valence-electron chi connectivity index (χ0n) is 11.6. The second kappa shape index (κ2) is 5.69. The van der Waals surface area contributed by atoms with E-state index in [0.717, 1.165) is 27.8 Å². The van der Waals surface area contributed by atoms with Crippen LogP contribution in [0.5, 0.6) is 0 Å². The van der Waals surface area contributed by atoms with Crippen molar-refractivity contribution < 1.29 is 0 Å². The van der Waals surface area contributed by atoms with Crippen LogP contribution in [0.3, 0.4) is 0 Å². The molecule has 0 aliphatic heterocycles.